The van der Waals surface area contributed by atoms with E-state index in [0.29, 0.717) is 19.3 Å². The first-order valence-corrected chi connectivity index (χ1v) is 29.8. The summed E-state index contributed by atoms with van der Waals surface area (Å²) in [5, 5.41) is 0. The van der Waals surface area contributed by atoms with E-state index < -0.39 is 6.10 Å². The van der Waals surface area contributed by atoms with Crippen LogP contribution in [-0.2, 0) is 28.6 Å². The van der Waals surface area contributed by atoms with Crippen molar-refractivity contribution in [2.24, 2.45) is 0 Å². The molecule has 406 valence electrons. The smallest absolute Gasteiger partial charge is 0.306 e. The Morgan fingerprint density at radius 3 is 1.04 bits per heavy atom. The van der Waals surface area contributed by atoms with Crippen molar-refractivity contribution in [3.63, 3.8) is 0 Å². The van der Waals surface area contributed by atoms with Crippen LogP contribution in [0, 0.1) is 0 Å². The maximum absolute atomic E-state index is 12.9. The molecule has 0 aliphatic heterocycles. The minimum absolute atomic E-state index is 0.0881. The van der Waals surface area contributed by atoms with Crippen molar-refractivity contribution in [3.8, 4) is 0 Å². The molecule has 0 aliphatic carbocycles. The van der Waals surface area contributed by atoms with Gasteiger partial charge in [0.1, 0.15) is 13.2 Å². The second-order valence-corrected chi connectivity index (χ2v) is 19.7. The molecule has 6 heteroatoms. The molecular weight excluding hydrogens is 877 g/mol. The number of carbonyl (C=O) groups excluding carboxylic acids is 3. The van der Waals surface area contributed by atoms with Gasteiger partial charge in [0.2, 0.25) is 0 Å². The molecule has 0 radical (unpaired) electrons. The van der Waals surface area contributed by atoms with Gasteiger partial charge >= 0.3 is 17.9 Å². The summed E-state index contributed by atoms with van der Waals surface area (Å²) in [7, 11) is 0. The van der Waals surface area contributed by atoms with E-state index in [-0.39, 0.29) is 31.1 Å². The summed E-state index contributed by atoms with van der Waals surface area (Å²) < 4.78 is 16.9. The number of allylic oxidation sites excluding steroid dienone is 16. The van der Waals surface area contributed by atoms with E-state index in [9.17, 15) is 14.4 Å². The van der Waals surface area contributed by atoms with Gasteiger partial charge in [0, 0.05) is 19.3 Å². The predicted octanol–water partition coefficient (Wildman–Crippen LogP) is 20.1. The Kier molecular flexibility index (Phi) is 55.9. The summed E-state index contributed by atoms with van der Waals surface area (Å²) in [4.78, 5) is 38.2. The third-order valence-electron chi connectivity index (χ3n) is 12.7. The predicted molar refractivity (Wildman–Crippen MR) is 307 cm³/mol. The van der Waals surface area contributed by atoms with Crippen LogP contribution in [0.2, 0.25) is 0 Å². The molecule has 0 amide bonds. The first-order chi connectivity index (χ1) is 35.0. The van der Waals surface area contributed by atoms with Crippen LogP contribution < -0.4 is 0 Å². The molecular formula is C65H110O6. The molecule has 0 aliphatic rings. The van der Waals surface area contributed by atoms with Crippen molar-refractivity contribution in [2.45, 2.75) is 284 Å². The molecule has 1 atom stereocenters. The second-order valence-electron chi connectivity index (χ2n) is 19.7. The van der Waals surface area contributed by atoms with Crippen LogP contribution in [0.3, 0.4) is 0 Å². The zero-order chi connectivity index (χ0) is 51.4. The fourth-order valence-corrected chi connectivity index (χ4v) is 8.25. The van der Waals surface area contributed by atoms with Crippen molar-refractivity contribution in [2.75, 3.05) is 13.2 Å². The lowest BCUT2D eigenvalue weighted by Crippen LogP contribution is -2.30. The van der Waals surface area contributed by atoms with E-state index in [0.717, 1.165) is 103 Å². The normalized spacial score (nSPS) is 12.8. The van der Waals surface area contributed by atoms with Crippen molar-refractivity contribution < 1.29 is 28.6 Å². The average Bonchev–Trinajstić information content (AvgIpc) is 3.37. The van der Waals surface area contributed by atoms with Crippen LogP contribution in [0.1, 0.15) is 278 Å². The summed E-state index contributed by atoms with van der Waals surface area (Å²) in [6, 6.07) is 0. The lowest BCUT2D eigenvalue weighted by Gasteiger charge is -2.18. The Morgan fingerprint density at radius 1 is 0.310 bits per heavy atom. The summed E-state index contributed by atoms with van der Waals surface area (Å²) in [5.74, 6) is -0.911. The lowest BCUT2D eigenvalue weighted by molar-refractivity contribution is -0.167. The Morgan fingerprint density at radius 2 is 0.634 bits per heavy atom. The van der Waals surface area contributed by atoms with E-state index in [1.54, 1.807) is 0 Å². The van der Waals surface area contributed by atoms with Gasteiger partial charge in [-0.3, -0.25) is 14.4 Å². The molecule has 0 saturated heterocycles. The van der Waals surface area contributed by atoms with Gasteiger partial charge < -0.3 is 14.2 Å². The standard InChI is InChI=1S/C65H110O6/c1-4-7-10-13-16-19-22-25-28-31-33-35-37-40-43-46-49-52-55-58-64(67)70-61-62(60-69-63(66)57-54-51-48-45-42-39-36-30-27-24-21-18-15-12-9-6-3)71-65(68)59-56-53-50-47-44-41-38-34-32-29-26-23-20-17-14-11-8-5-2/h7,10-11,14,16-17,19-20,23,25-26,28-29,32,34,38,62H,4-6,8-9,12-13,15,18,21-22,24,27,30-31,33,35-37,39-61H2,1-3H3/b10-7-,14-11-,19-16-,20-17-,26-23-,28-25-,32-29-,38-34-. The van der Waals surface area contributed by atoms with Crippen molar-refractivity contribution in [1.82, 2.24) is 0 Å². The van der Waals surface area contributed by atoms with Crippen LogP contribution in [0.25, 0.3) is 0 Å². The number of hydrogen-bond acceptors (Lipinski definition) is 6. The fourth-order valence-electron chi connectivity index (χ4n) is 8.25. The van der Waals surface area contributed by atoms with Crippen molar-refractivity contribution in [1.29, 1.82) is 0 Å². The monoisotopic (exact) mass is 987 g/mol. The highest BCUT2D eigenvalue weighted by Crippen LogP contribution is 2.16. The summed E-state index contributed by atoms with van der Waals surface area (Å²) in [5.41, 5.74) is 0. The molecule has 0 aromatic rings. The number of esters is 3. The van der Waals surface area contributed by atoms with Crippen molar-refractivity contribution in [3.05, 3.63) is 97.2 Å². The van der Waals surface area contributed by atoms with E-state index in [2.05, 4.69) is 93.7 Å². The van der Waals surface area contributed by atoms with Crippen LogP contribution in [0.5, 0.6) is 0 Å². The van der Waals surface area contributed by atoms with Gasteiger partial charge in [0.25, 0.3) is 0 Å². The van der Waals surface area contributed by atoms with Gasteiger partial charge in [0.05, 0.1) is 0 Å². The van der Waals surface area contributed by atoms with Gasteiger partial charge in [-0.2, -0.15) is 0 Å². The van der Waals surface area contributed by atoms with Crippen LogP contribution in [-0.4, -0.2) is 37.2 Å². The average molecular weight is 988 g/mol. The first kappa shape index (κ1) is 67.3. The number of rotatable bonds is 53. The van der Waals surface area contributed by atoms with Gasteiger partial charge in [-0.1, -0.05) is 285 Å². The third kappa shape index (κ3) is 57.1. The van der Waals surface area contributed by atoms with Crippen LogP contribution in [0.4, 0.5) is 0 Å². The molecule has 0 saturated carbocycles. The molecule has 0 rings (SSSR count). The number of hydrogen-bond donors (Lipinski definition) is 0. The molecule has 0 spiro atoms. The molecule has 1 unspecified atom stereocenters. The SMILES string of the molecule is CC/C=C\C/C=C\C/C=C\CCCCCCCCCCCC(=O)OCC(COC(=O)CCCCCCCCCCCCCCCCCC)OC(=O)CCCCCCC\C=C/C=C\C=C/C=C\C=C/CCC. The second kappa shape index (κ2) is 58.9. The summed E-state index contributed by atoms with van der Waals surface area (Å²) in [6.45, 7) is 6.44. The Balaban J connectivity index is 4.44. The molecule has 0 heterocycles. The maximum atomic E-state index is 12.9. The maximum Gasteiger partial charge on any atom is 0.306 e. The Labute approximate surface area is 438 Å². The fraction of sp³-hybridized carbons (Fsp3) is 0.708. The topological polar surface area (TPSA) is 78.9 Å². The largest absolute Gasteiger partial charge is 0.462 e. The van der Waals surface area contributed by atoms with Gasteiger partial charge in [0.15, 0.2) is 6.10 Å². The number of unbranched alkanes of at least 4 members (excludes halogenated alkanes) is 30. The molecule has 0 aromatic heterocycles. The highest BCUT2D eigenvalue weighted by Gasteiger charge is 2.19. The third-order valence-corrected chi connectivity index (χ3v) is 12.7. The number of carbonyl (C=O) groups is 3. The zero-order valence-electron chi connectivity index (χ0n) is 46.5. The minimum Gasteiger partial charge on any atom is -0.462 e. The highest BCUT2D eigenvalue weighted by atomic mass is 16.6. The van der Waals surface area contributed by atoms with E-state index in [1.807, 2.05) is 24.3 Å². The molecule has 6 nitrogen and oxygen atoms in total. The molecule has 0 aromatic carbocycles. The van der Waals surface area contributed by atoms with E-state index in [1.165, 1.54) is 135 Å². The Hall–Kier alpha value is -3.67. The molecule has 0 N–H and O–H groups in total. The van der Waals surface area contributed by atoms with Crippen molar-refractivity contribution >= 4 is 17.9 Å². The molecule has 0 bridgehead atoms. The highest BCUT2D eigenvalue weighted by molar-refractivity contribution is 5.71. The lowest BCUT2D eigenvalue weighted by atomic mass is 10.0. The molecule has 71 heavy (non-hydrogen) atoms. The summed E-state index contributed by atoms with van der Waals surface area (Å²) in [6.07, 6.45) is 78.2. The number of ether oxygens (including phenoxy) is 3. The van der Waals surface area contributed by atoms with Crippen LogP contribution in [0.15, 0.2) is 97.2 Å². The van der Waals surface area contributed by atoms with E-state index in [4.69, 9.17) is 14.2 Å². The van der Waals surface area contributed by atoms with E-state index >= 15 is 0 Å². The van der Waals surface area contributed by atoms with Crippen LogP contribution >= 0.6 is 0 Å². The quantitative estimate of drug-likeness (QED) is 0.0199. The van der Waals surface area contributed by atoms with Gasteiger partial charge in [-0.15, -0.1) is 0 Å². The Bertz CT molecular complexity index is 1410. The first-order valence-electron chi connectivity index (χ1n) is 29.8. The van der Waals surface area contributed by atoms with Gasteiger partial charge in [-0.05, 0) is 70.6 Å². The molecule has 0 fully saturated rings. The van der Waals surface area contributed by atoms with Gasteiger partial charge in [-0.25, -0.2) is 0 Å². The zero-order valence-corrected chi connectivity index (χ0v) is 46.5. The minimum atomic E-state index is -0.794. The summed E-state index contributed by atoms with van der Waals surface area (Å²) >= 11 is 0.